The van der Waals surface area contributed by atoms with Crippen LogP contribution in [0.25, 0.3) is 0 Å². The first-order valence-electron chi connectivity index (χ1n) is 6.98. The Morgan fingerprint density at radius 2 is 1.65 bits per heavy atom. The minimum atomic E-state index is -0.101. The second kappa shape index (κ2) is 5.12. The number of fused-ring (bicyclic) bond motifs is 2. The predicted octanol–water partition coefficient (Wildman–Crippen LogP) is 2.80. The summed E-state index contributed by atoms with van der Waals surface area (Å²) in [6, 6.07) is 7.20. The average molecular weight is 270 g/mol. The summed E-state index contributed by atoms with van der Waals surface area (Å²) < 4.78 is 0. The minimum Gasteiger partial charge on any atom is -0.326 e. The van der Waals surface area contributed by atoms with Crippen LogP contribution in [-0.4, -0.2) is 11.8 Å². The molecule has 0 unspecified atom stereocenters. The van der Waals surface area contributed by atoms with Crippen molar-refractivity contribution in [2.45, 2.75) is 19.8 Å². The molecule has 2 amide bonds. The Morgan fingerprint density at radius 1 is 1.00 bits per heavy atom. The van der Waals surface area contributed by atoms with Gasteiger partial charge >= 0.3 is 0 Å². The summed E-state index contributed by atoms with van der Waals surface area (Å²) in [5, 5.41) is 5.67. The molecule has 2 N–H and O–H groups in total. The van der Waals surface area contributed by atoms with E-state index in [0.717, 1.165) is 24.2 Å². The molecule has 2 bridgehead atoms. The monoisotopic (exact) mass is 270 g/mol. The second-order valence-corrected chi connectivity index (χ2v) is 5.63. The lowest BCUT2D eigenvalue weighted by molar-refractivity contribution is -0.120. The van der Waals surface area contributed by atoms with Crippen molar-refractivity contribution >= 4 is 23.2 Å². The summed E-state index contributed by atoms with van der Waals surface area (Å²) in [5.74, 6) is 1.13. The molecule has 1 aromatic rings. The molecule has 2 aliphatic carbocycles. The highest BCUT2D eigenvalue weighted by atomic mass is 16.2. The standard InChI is InChI=1S/C16H18N2O2/c1-10(19)17-13-4-6-14(7-5-13)18-16(20)15-9-11-2-3-12(15)8-11/h2-7,11-12,15H,8-9H2,1H3,(H,17,19)(H,18,20)/t11-,12+,15+/m1/s1. The highest BCUT2D eigenvalue weighted by Gasteiger charge is 2.39. The Bertz CT molecular complexity index is 562. The molecule has 2 aliphatic rings. The zero-order chi connectivity index (χ0) is 14.1. The van der Waals surface area contributed by atoms with Gasteiger partial charge in [0.1, 0.15) is 0 Å². The number of hydrogen-bond acceptors (Lipinski definition) is 2. The van der Waals surface area contributed by atoms with Crippen molar-refractivity contribution < 1.29 is 9.59 Å². The van der Waals surface area contributed by atoms with Crippen molar-refractivity contribution in [3.05, 3.63) is 36.4 Å². The zero-order valence-corrected chi connectivity index (χ0v) is 11.4. The SMILES string of the molecule is CC(=O)Nc1ccc(NC(=O)[C@H]2C[C@@H]3C=C[C@H]2C3)cc1. The van der Waals surface area contributed by atoms with E-state index in [1.54, 1.807) is 12.1 Å². The molecule has 4 heteroatoms. The number of benzene rings is 1. The summed E-state index contributed by atoms with van der Waals surface area (Å²) >= 11 is 0. The van der Waals surface area contributed by atoms with Crippen molar-refractivity contribution in [1.29, 1.82) is 0 Å². The van der Waals surface area contributed by atoms with Gasteiger partial charge in [-0.05, 0) is 48.9 Å². The van der Waals surface area contributed by atoms with Crippen LogP contribution in [-0.2, 0) is 9.59 Å². The molecule has 4 nitrogen and oxygen atoms in total. The Balaban J connectivity index is 1.61. The van der Waals surface area contributed by atoms with Crippen molar-refractivity contribution in [1.82, 2.24) is 0 Å². The molecule has 1 saturated carbocycles. The Labute approximate surface area is 118 Å². The Morgan fingerprint density at radius 3 is 2.15 bits per heavy atom. The quantitative estimate of drug-likeness (QED) is 0.830. The lowest BCUT2D eigenvalue weighted by Gasteiger charge is -2.17. The molecule has 3 atom stereocenters. The summed E-state index contributed by atoms with van der Waals surface area (Å²) in [6.07, 6.45) is 6.51. The maximum absolute atomic E-state index is 12.3. The maximum Gasteiger partial charge on any atom is 0.228 e. The molecular formula is C16H18N2O2. The summed E-state index contributed by atoms with van der Waals surface area (Å²) in [7, 11) is 0. The average Bonchev–Trinajstić information content (AvgIpc) is 3.03. The van der Waals surface area contributed by atoms with Gasteiger partial charge in [-0.25, -0.2) is 0 Å². The highest BCUT2D eigenvalue weighted by Crippen LogP contribution is 2.43. The van der Waals surface area contributed by atoms with E-state index in [0.29, 0.717) is 11.8 Å². The molecular weight excluding hydrogens is 252 g/mol. The molecule has 1 aromatic carbocycles. The molecule has 0 aromatic heterocycles. The van der Waals surface area contributed by atoms with Crippen LogP contribution in [0.5, 0.6) is 0 Å². The first-order valence-corrected chi connectivity index (χ1v) is 6.98. The minimum absolute atomic E-state index is 0.101. The van der Waals surface area contributed by atoms with Crippen LogP contribution in [0.3, 0.4) is 0 Å². The van der Waals surface area contributed by atoms with E-state index in [-0.39, 0.29) is 17.7 Å². The molecule has 3 rings (SSSR count). The van der Waals surface area contributed by atoms with E-state index in [1.807, 2.05) is 12.1 Å². The lowest BCUT2D eigenvalue weighted by Crippen LogP contribution is -2.25. The number of anilines is 2. The lowest BCUT2D eigenvalue weighted by atomic mass is 9.93. The van der Waals surface area contributed by atoms with Crippen molar-refractivity contribution in [2.75, 3.05) is 10.6 Å². The molecule has 0 spiro atoms. The summed E-state index contributed by atoms with van der Waals surface area (Å²) in [6.45, 7) is 1.47. The van der Waals surface area contributed by atoms with Gasteiger partial charge in [0.25, 0.3) is 0 Å². The smallest absolute Gasteiger partial charge is 0.228 e. The van der Waals surface area contributed by atoms with E-state index in [9.17, 15) is 9.59 Å². The van der Waals surface area contributed by atoms with Crippen LogP contribution in [0, 0.1) is 17.8 Å². The van der Waals surface area contributed by atoms with Crippen LogP contribution >= 0.6 is 0 Å². The van der Waals surface area contributed by atoms with Crippen molar-refractivity contribution in [3.8, 4) is 0 Å². The topological polar surface area (TPSA) is 58.2 Å². The number of hydrogen-bond donors (Lipinski definition) is 2. The second-order valence-electron chi connectivity index (χ2n) is 5.63. The van der Waals surface area contributed by atoms with Gasteiger partial charge in [0, 0.05) is 24.2 Å². The number of nitrogens with one attached hydrogen (secondary N) is 2. The van der Waals surface area contributed by atoms with Gasteiger partial charge in [-0.3, -0.25) is 9.59 Å². The van der Waals surface area contributed by atoms with Crippen LogP contribution in [0.15, 0.2) is 36.4 Å². The van der Waals surface area contributed by atoms with Gasteiger partial charge in [-0.1, -0.05) is 12.2 Å². The third-order valence-corrected chi connectivity index (χ3v) is 4.09. The maximum atomic E-state index is 12.3. The van der Waals surface area contributed by atoms with Crippen LogP contribution in [0.2, 0.25) is 0 Å². The van der Waals surface area contributed by atoms with Crippen LogP contribution in [0.1, 0.15) is 19.8 Å². The number of rotatable bonds is 3. The largest absolute Gasteiger partial charge is 0.326 e. The van der Waals surface area contributed by atoms with Crippen molar-refractivity contribution in [2.24, 2.45) is 17.8 Å². The van der Waals surface area contributed by atoms with Crippen LogP contribution in [0.4, 0.5) is 11.4 Å². The molecule has 0 heterocycles. The Hall–Kier alpha value is -2.10. The van der Waals surface area contributed by atoms with Gasteiger partial charge in [0.2, 0.25) is 11.8 Å². The molecule has 0 saturated heterocycles. The number of allylic oxidation sites excluding steroid dienone is 2. The van der Waals surface area contributed by atoms with Crippen molar-refractivity contribution in [3.63, 3.8) is 0 Å². The number of carbonyl (C=O) groups is 2. The third kappa shape index (κ3) is 2.59. The van der Waals surface area contributed by atoms with Gasteiger partial charge in [-0.2, -0.15) is 0 Å². The van der Waals surface area contributed by atoms with Gasteiger partial charge in [-0.15, -0.1) is 0 Å². The molecule has 0 radical (unpaired) electrons. The number of amides is 2. The highest BCUT2D eigenvalue weighted by molar-refractivity contribution is 5.94. The zero-order valence-electron chi connectivity index (χ0n) is 11.4. The molecule has 20 heavy (non-hydrogen) atoms. The molecule has 1 fully saturated rings. The van der Waals surface area contributed by atoms with E-state index in [4.69, 9.17) is 0 Å². The van der Waals surface area contributed by atoms with Gasteiger partial charge in [0.05, 0.1) is 0 Å². The fourth-order valence-corrected chi connectivity index (χ4v) is 3.16. The van der Waals surface area contributed by atoms with E-state index in [2.05, 4.69) is 22.8 Å². The normalized spacial score (nSPS) is 26.6. The van der Waals surface area contributed by atoms with Gasteiger partial charge in [0.15, 0.2) is 0 Å². The first kappa shape index (κ1) is 12.9. The first-order chi connectivity index (χ1) is 9.61. The summed E-state index contributed by atoms with van der Waals surface area (Å²) in [5.41, 5.74) is 1.51. The van der Waals surface area contributed by atoms with Gasteiger partial charge < -0.3 is 10.6 Å². The van der Waals surface area contributed by atoms with E-state index in [1.165, 1.54) is 6.92 Å². The number of carbonyl (C=O) groups excluding carboxylic acids is 2. The molecule has 0 aliphatic heterocycles. The fourth-order valence-electron chi connectivity index (χ4n) is 3.16. The Kier molecular flexibility index (Phi) is 3.30. The van der Waals surface area contributed by atoms with Crippen LogP contribution < -0.4 is 10.6 Å². The third-order valence-electron chi connectivity index (χ3n) is 4.09. The molecule has 104 valence electrons. The summed E-state index contributed by atoms with van der Waals surface area (Å²) in [4.78, 5) is 23.2. The fraction of sp³-hybridized carbons (Fsp3) is 0.375. The van der Waals surface area contributed by atoms with E-state index >= 15 is 0 Å². The van der Waals surface area contributed by atoms with E-state index < -0.39 is 0 Å². The predicted molar refractivity (Wildman–Crippen MR) is 78.2 cm³/mol.